The average molecular weight is 327 g/mol. The molecular weight excluding hydrogens is 302 g/mol. The van der Waals surface area contributed by atoms with Crippen LogP contribution in [0, 0.1) is 12.8 Å². The largest absolute Gasteiger partial charge is 0.349 e. The van der Waals surface area contributed by atoms with Gasteiger partial charge in [0.15, 0.2) is 0 Å². The van der Waals surface area contributed by atoms with E-state index in [1.165, 1.54) is 16.0 Å². The second kappa shape index (κ2) is 8.21. The minimum Gasteiger partial charge on any atom is -0.349 e. The van der Waals surface area contributed by atoms with Gasteiger partial charge in [-0.05, 0) is 49.6 Å². The molecular formula is C20H25NOS. The highest BCUT2D eigenvalue weighted by atomic mass is 32.2. The molecule has 0 aliphatic rings. The van der Waals surface area contributed by atoms with Crippen molar-refractivity contribution in [2.24, 2.45) is 5.92 Å². The predicted molar refractivity (Wildman–Crippen MR) is 98.9 cm³/mol. The highest BCUT2D eigenvalue weighted by molar-refractivity contribution is 7.98. The van der Waals surface area contributed by atoms with Crippen LogP contribution in [0.5, 0.6) is 0 Å². The van der Waals surface area contributed by atoms with Crippen molar-refractivity contribution < 1.29 is 4.79 Å². The molecule has 0 aliphatic carbocycles. The molecule has 2 rings (SSSR count). The van der Waals surface area contributed by atoms with Crippen molar-refractivity contribution in [3.8, 4) is 0 Å². The summed E-state index contributed by atoms with van der Waals surface area (Å²) in [5, 5.41) is 3.03. The van der Waals surface area contributed by atoms with Gasteiger partial charge in [0.1, 0.15) is 0 Å². The first-order valence-electron chi connectivity index (χ1n) is 8.05. The third-order valence-electron chi connectivity index (χ3n) is 4.00. The minimum absolute atomic E-state index is 0.00365. The second-order valence-corrected chi connectivity index (χ2v) is 7.35. The Morgan fingerprint density at radius 3 is 2.17 bits per heavy atom. The summed E-state index contributed by atoms with van der Waals surface area (Å²) in [7, 11) is 0. The van der Waals surface area contributed by atoms with Crippen LogP contribution in [0.2, 0.25) is 0 Å². The topological polar surface area (TPSA) is 29.1 Å². The summed E-state index contributed by atoms with van der Waals surface area (Å²) in [5.74, 6) is 1.35. The van der Waals surface area contributed by atoms with E-state index in [0.29, 0.717) is 5.92 Å². The Bertz CT molecular complexity index is 632. The maximum Gasteiger partial charge on any atom is 0.251 e. The van der Waals surface area contributed by atoms with Gasteiger partial charge in [0.05, 0.1) is 0 Å². The van der Waals surface area contributed by atoms with E-state index in [0.717, 1.165) is 11.3 Å². The lowest BCUT2D eigenvalue weighted by Gasteiger charge is -2.17. The van der Waals surface area contributed by atoms with Gasteiger partial charge in [-0.3, -0.25) is 4.79 Å². The van der Waals surface area contributed by atoms with Crippen LogP contribution in [-0.4, -0.2) is 11.9 Å². The van der Waals surface area contributed by atoms with Gasteiger partial charge in [-0.2, -0.15) is 0 Å². The fourth-order valence-corrected chi connectivity index (χ4v) is 2.86. The highest BCUT2D eigenvalue weighted by Gasteiger charge is 2.12. The quantitative estimate of drug-likeness (QED) is 0.751. The van der Waals surface area contributed by atoms with Gasteiger partial charge < -0.3 is 5.32 Å². The Morgan fingerprint density at radius 2 is 1.61 bits per heavy atom. The summed E-state index contributed by atoms with van der Waals surface area (Å²) in [6.07, 6.45) is 0. The molecule has 0 spiro atoms. The van der Waals surface area contributed by atoms with Gasteiger partial charge in [0.2, 0.25) is 0 Å². The van der Waals surface area contributed by atoms with Crippen molar-refractivity contribution in [1.82, 2.24) is 5.32 Å². The summed E-state index contributed by atoms with van der Waals surface area (Å²) in [4.78, 5) is 13.4. The van der Waals surface area contributed by atoms with Crippen molar-refractivity contribution in [2.75, 3.05) is 0 Å². The highest BCUT2D eigenvalue weighted by Crippen LogP contribution is 2.23. The molecule has 2 aromatic rings. The van der Waals surface area contributed by atoms with Crippen molar-refractivity contribution in [1.29, 1.82) is 0 Å². The first-order valence-corrected chi connectivity index (χ1v) is 9.03. The summed E-state index contributed by atoms with van der Waals surface area (Å²) < 4.78 is 0. The first-order chi connectivity index (χ1) is 11.0. The molecule has 0 fully saturated rings. The Hall–Kier alpha value is -1.74. The lowest BCUT2D eigenvalue weighted by molar-refractivity contribution is 0.0930. The fraction of sp³-hybridized carbons (Fsp3) is 0.350. The number of aryl methyl sites for hydroxylation is 1. The van der Waals surface area contributed by atoms with Gasteiger partial charge in [0, 0.05) is 22.3 Å². The van der Waals surface area contributed by atoms with Crippen LogP contribution in [0.15, 0.2) is 53.4 Å². The van der Waals surface area contributed by atoms with E-state index >= 15 is 0 Å². The van der Waals surface area contributed by atoms with E-state index in [9.17, 15) is 4.79 Å². The van der Waals surface area contributed by atoms with E-state index in [-0.39, 0.29) is 11.9 Å². The standard InChI is InChI=1S/C20H25NOS/c1-14(2)16(4)21-20(22)18-9-7-17(8-10-18)13-23-19-11-5-15(3)6-12-19/h5-12,14,16H,13H2,1-4H3,(H,21,22)/t16-/m1/s1. The molecule has 0 unspecified atom stereocenters. The van der Waals surface area contributed by atoms with Crippen LogP contribution in [0.1, 0.15) is 42.3 Å². The molecule has 1 atom stereocenters. The average Bonchev–Trinajstić information content (AvgIpc) is 2.54. The molecule has 0 aliphatic heterocycles. The zero-order valence-electron chi connectivity index (χ0n) is 14.3. The lowest BCUT2D eigenvalue weighted by Crippen LogP contribution is -2.36. The van der Waals surface area contributed by atoms with Crippen LogP contribution in [-0.2, 0) is 5.75 Å². The number of hydrogen-bond acceptors (Lipinski definition) is 2. The Balaban J connectivity index is 1.91. The van der Waals surface area contributed by atoms with E-state index in [4.69, 9.17) is 0 Å². The van der Waals surface area contributed by atoms with Gasteiger partial charge >= 0.3 is 0 Å². The normalized spacial score (nSPS) is 12.2. The van der Waals surface area contributed by atoms with Crippen LogP contribution >= 0.6 is 11.8 Å². The Morgan fingerprint density at radius 1 is 1.00 bits per heavy atom. The first kappa shape index (κ1) is 17.6. The van der Waals surface area contributed by atoms with Crippen molar-refractivity contribution in [3.63, 3.8) is 0 Å². The number of amides is 1. The SMILES string of the molecule is Cc1ccc(SCc2ccc(C(=O)N[C@H](C)C(C)C)cc2)cc1. The molecule has 0 radical (unpaired) electrons. The van der Waals surface area contributed by atoms with Gasteiger partial charge in [-0.1, -0.05) is 43.7 Å². The molecule has 0 saturated carbocycles. The van der Waals surface area contributed by atoms with Gasteiger partial charge in [-0.25, -0.2) is 0 Å². The van der Waals surface area contributed by atoms with Crippen molar-refractivity contribution in [3.05, 3.63) is 65.2 Å². The van der Waals surface area contributed by atoms with Crippen LogP contribution in [0.3, 0.4) is 0 Å². The molecule has 0 heterocycles. The van der Waals surface area contributed by atoms with E-state index in [2.05, 4.69) is 50.4 Å². The van der Waals surface area contributed by atoms with Gasteiger partial charge in [0.25, 0.3) is 5.91 Å². The maximum atomic E-state index is 12.2. The third-order valence-corrected chi connectivity index (χ3v) is 5.08. The number of thioether (sulfide) groups is 1. The van der Waals surface area contributed by atoms with Crippen LogP contribution in [0.25, 0.3) is 0 Å². The smallest absolute Gasteiger partial charge is 0.251 e. The maximum absolute atomic E-state index is 12.2. The predicted octanol–water partition coefficient (Wildman–Crippen LogP) is 5.06. The number of rotatable bonds is 6. The number of hydrogen-bond donors (Lipinski definition) is 1. The molecule has 2 aromatic carbocycles. The lowest BCUT2D eigenvalue weighted by atomic mass is 10.1. The van der Waals surface area contributed by atoms with Crippen LogP contribution < -0.4 is 5.32 Å². The molecule has 1 amide bonds. The Labute approximate surface area is 143 Å². The van der Waals surface area contributed by atoms with Gasteiger partial charge in [-0.15, -0.1) is 11.8 Å². The molecule has 2 nitrogen and oxygen atoms in total. The number of carbonyl (C=O) groups is 1. The van der Waals surface area contributed by atoms with E-state index in [1.807, 2.05) is 43.0 Å². The summed E-state index contributed by atoms with van der Waals surface area (Å²) in [6, 6.07) is 16.6. The monoisotopic (exact) mass is 327 g/mol. The molecule has 0 aromatic heterocycles. The second-order valence-electron chi connectivity index (χ2n) is 6.30. The van der Waals surface area contributed by atoms with Crippen molar-refractivity contribution in [2.45, 2.75) is 44.4 Å². The summed E-state index contributed by atoms with van der Waals surface area (Å²) in [5.41, 5.74) is 3.23. The summed E-state index contributed by atoms with van der Waals surface area (Å²) in [6.45, 7) is 8.35. The molecule has 3 heteroatoms. The molecule has 1 N–H and O–H groups in total. The minimum atomic E-state index is 0.00365. The van der Waals surface area contributed by atoms with E-state index < -0.39 is 0 Å². The zero-order chi connectivity index (χ0) is 16.8. The van der Waals surface area contributed by atoms with Crippen LogP contribution in [0.4, 0.5) is 0 Å². The molecule has 0 bridgehead atoms. The number of nitrogens with one attached hydrogen (secondary N) is 1. The number of benzene rings is 2. The Kier molecular flexibility index (Phi) is 6.28. The third kappa shape index (κ3) is 5.43. The zero-order valence-corrected chi connectivity index (χ0v) is 15.1. The van der Waals surface area contributed by atoms with Crippen molar-refractivity contribution >= 4 is 17.7 Å². The molecule has 122 valence electrons. The molecule has 23 heavy (non-hydrogen) atoms. The molecule has 0 saturated heterocycles. The fourth-order valence-electron chi connectivity index (χ4n) is 2.01. The number of carbonyl (C=O) groups excluding carboxylic acids is 1. The summed E-state index contributed by atoms with van der Waals surface area (Å²) >= 11 is 1.81. The van der Waals surface area contributed by atoms with E-state index in [1.54, 1.807) is 0 Å².